The molecule has 0 atom stereocenters. The molecule has 15 nitrogen and oxygen atoms in total. The quantitative estimate of drug-likeness (QED) is 0.0904. The van der Waals surface area contributed by atoms with Crippen LogP contribution in [-0.4, -0.2) is 75.5 Å². The number of rotatable bonds is 7. The number of esters is 1. The predicted molar refractivity (Wildman–Crippen MR) is 203 cm³/mol. The van der Waals surface area contributed by atoms with Crippen LogP contribution in [0.1, 0.15) is 94.4 Å². The maximum Gasteiger partial charge on any atom is 0.339 e. The summed E-state index contributed by atoms with van der Waals surface area (Å²) in [6.07, 6.45) is 10.8. The Morgan fingerprint density at radius 3 is 1.49 bits per heavy atom. The fourth-order valence-corrected chi connectivity index (χ4v) is 5.36. The van der Waals surface area contributed by atoms with Gasteiger partial charge in [0.05, 0.1) is 51.2 Å². The van der Waals surface area contributed by atoms with Gasteiger partial charge in [0.25, 0.3) is 0 Å². The number of Topliss-reactive ketones (excluding diaryl/α,β-unsaturated/α-hetero) is 1. The van der Waals surface area contributed by atoms with E-state index in [9.17, 15) is 14.4 Å². The molecule has 6 aromatic rings. The summed E-state index contributed by atoms with van der Waals surface area (Å²) in [5.41, 5.74) is 17.3. The van der Waals surface area contributed by atoms with Gasteiger partial charge in [-0.05, 0) is 93.7 Å². The lowest BCUT2D eigenvalue weighted by Crippen LogP contribution is -2.04. The number of hydrogen-bond donors (Lipinski definition) is 5. The SMILES string of the molecule is CC(=O)c1ccncc1Cc1c(C)n[nH]c1C.COC(=O)c1ccncc1Br.Cc1n[nH]c(C)c1Cc1cnccc1C(=O)O.Cc1n[nH]c(C)c1N. The lowest BCUT2D eigenvalue weighted by Gasteiger charge is -2.06. The summed E-state index contributed by atoms with van der Waals surface area (Å²) in [4.78, 5) is 45.4. The van der Waals surface area contributed by atoms with Crippen molar-refractivity contribution < 1.29 is 24.2 Å². The number of aryl methyl sites for hydroxylation is 6. The van der Waals surface area contributed by atoms with E-state index in [-0.39, 0.29) is 11.8 Å². The molecule has 0 saturated heterocycles. The van der Waals surface area contributed by atoms with Gasteiger partial charge in [-0.3, -0.25) is 35.0 Å². The fourth-order valence-electron chi connectivity index (χ4n) is 4.95. The van der Waals surface area contributed by atoms with Crippen molar-refractivity contribution >= 4 is 39.3 Å². The largest absolute Gasteiger partial charge is 0.478 e. The molecule has 0 aromatic carbocycles. The Bertz CT molecular complexity index is 2010. The first-order valence-corrected chi connectivity index (χ1v) is 17.0. The number of methoxy groups -OCH3 is 1. The van der Waals surface area contributed by atoms with Crippen LogP contribution in [0.5, 0.6) is 0 Å². The Morgan fingerprint density at radius 2 is 1.13 bits per heavy atom. The second-order valence-corrected chi connectivity index (χ2v) is 12.7. The van der Waals surface area contributed by atoms with Gasteiger partial charge in [-0.1, -0.05) is 0 Å². The zero-order valence-corrected chi connectivity index (χ0v) is 32.4. The summed E-state index contributed by atoms with van der Waals surface area (Å²) in [6.45, 7) is 13.1. The summed E-state index contributed by atoms with van der Waals surface area (Å²) in [5, 5.41) is 29.8. The summed E-state index contributed by atoms with van der Waals surface area (Å²) >= 11 is 3.17. The number of ether oxygens (including phenoxy) is 1. The number of aromatic carboxylic acids is 1. The van der Waals surface area contributed by atoms with Crippen LogP contribution in [0.2, 0.25) is 0 Å². The molecule has 6 aromatic heterocycles. The molecule has 0 aliphatic carbocycles. The van der Waals surface area contributed by atoms with Gasteiger partial charge in [0.1, 0.15) is 0 Å². The van der Waals surface area contributed by atoms with Crippen molar-refractivity contribution in [2.24, 2.45) is 0 Å². The predicted octanol–water partition coefficient (Wildman–Crippen LogP) is 6.16. The zero-order valence-electron chi connectivity index (χ0n) is 30.8. The highest BCUT2D eigenvalue weighted by molar-refractivity contribution is 9.10. The molecule has 16 heteroatoms. The van der Waals surface area contributed by atoms with Gasteiger partial charge in [-0.15, -0.1) is 0 Å². The minimum absolute atomic E-state index is 0.0706. The number of hydrogen-bond acceptors (Lipinski definition) is 11. The number of ketones is 1. The number of pyridine rings is 3. The molecule has 278 valence electrons. The Hall–Kier alpha value is -6.03. The molecule has 0 bridgehead atoms. The van der Waals surface area contributed by atoms with E-state index in [0.717, 1.165) is 62.1 Å². The summed E-state index contributed by atoms with van der Waals surface area (Å²) < 4.78 is 5.17. The number of halogens is 1. The van der Waals surface area contributed by atoms with E-state index in [0.29, 0.717) is 34.0 Å². The summed E-state index contributed by atoms with van der Waals surface area (Å²) in [6, 6.07) is 4.88. The summed E-state index contributed by atoms with van der Waals surface area (Å²) in [5.74, 6) is -1.22. The normalized spacial score (nSPS) is 10.1. The zero-order chi connectivity index (χ0) is 39.2. The van der Waals surface area contributed by atoms with Crippen LogP contribution in [0.25, 0.3) is 0 Å². The average molecular weight is 788 g/mol. The Labute approximate surface area is 315 Å². The van der Waals surface area contributed by atoms with E-state index in [2.05, 4.69) is 66.2 Å². The maximum absolute atomic E-state index is 11.5. The molecular weight excluding hydrogens is 744 g/mol. The lowest BCUT2D eigenvalue weighted by atomic mass is 9.99. The van der Waals surface area contributed by atoms with Crippen molar-refractivity contribution in [3.05, 3.63) is 133 Å². The number of aromatic nitrogens is 9. The minimum Gasteiger partial charge on any atom is -0.478 e. The number of carboxylic acids is 1. The van der Waals surface area contributed by atoms with Crippen molar-refractivity contribution in [2.45, 2.75) is 61.3 Å². The van der Waals surface area contributed by atoms with Gasteiger partial charge < -0.3 is 15.6 Å². The minimum atomic E-state index is -0.929. The second kappa shape index (κ2) is 19.5. The van der Waals surface area contributed by atoms with E-state index in [1.165, 1.54) is 25.6 Å². The molecule has 0 spiro atoms. The van der Waals surface area contributed by atoms with Gasteiger partial charge in [-0.2, -0.15) is 15.3 Å². The molecule has 0 fully saturated rings. The first kappa shape index (κ1) is 41.4. The Morgan fingerprint density at radius 1 is 0.698 bits per heavy atom. The number of H-pyrrole nitrogens is 3. The maximum atomic E-state index is 11.5. The number of nitrogens with two attached hydrogens (primary N) is 1. The molecule has 6 heterocycles. The Balaban J connectivity index is 0.000000198. The molecule has 6 rings (SSSR count). The first-order valence-electron chi connectivity index (χ1n) is 16.2. The Kier molecular flexibility index (Phi) is 15.3. The van der Waals surface area contributed by atoms with Crippen LogP contribution >= 0.6 is 15.9 Å². The number of nitrogens with zero attached hydrogens (tertiary/aromatic N) is 6. The lowest BCUT2D eigenvalue weighted by molar-refractivity contribution is 0.0598. The number of carbonyl (C=O) groups is 3. The number of anilines is 1. The molecule has 0 unspecified atom stereocenters. The number of carboxylic acid groups (broad SMARTS) is 1. The summed E-state index contributed by atoms with van der Waals surface area (Å²) in [7, 11) is 1.34. The van der Waals surface area contributed by atoms with Crippen molar-refractivity contribution in [1.82, 2.24) is 45.5 Å². The van der Waals surface area contributed by atoms with Crippen molar-refractivity contribution in [2.75, 3.05) is 12.8 Å². The van der Waals surface area contributed by atoms with Crippen molar-refractivity contribution in [1.29, 1.82) is 0 Å². The molecule has 0 aliphatic heterocycles. The number of nitrogen functional groups attached to an aromatic ring is 1. The van der Waals surface area contributed by atoms with Crippen molar-refractivity contribution in [3.8, 4) is 0 Å². The molecule has 0 saturated carbocycles. The molecule has 0 aliphatic rings. The van der Waals surface area contributed by atoms with Crippen LogP contribution < -0.4 is 5.73 Å². The van der Waals surface area contributed by atoms with Crippen LogP contribution in [-0.2, 0) is 17.6 Å². The van der Waals surface area contributed by atoms with Gasteiger partial charge in [0.2, 0.25) is 0 Å². The molecule has 6 N–H and O–H groups in total. The van der Waals surface area contributed by atoms with Crippen LogP contribution in [0, 0.1) is 41.5 Å². The number of nitrogens with one attached hydrogen (secondary N) is 3. The van der Waals surface area contributed by atoms with Crippen LogP contribution in [0.15, 0.2) is 59.9 Å². The monoisotopic (exact) mass is 786 g/mol. The van der Waals surface area contributed by atoms with Gasteiger partial charge in [0.15, 0.2) is 5.78 Å². The van der Waals surface area contributed by atoms with Gasteiger partial charge in [-0.25, -0.2) is 9.59 Å². The van der Waals surface area contributed by atoms with Crippen molar-refractivity contribution in [3.63, 3.8) is 0 Å². The molecule has 0 radical (unpaired) electrons. The third kappa shape index (κ3) is 11.5. The molecule has 53 heavy (non-hydrogen) atoms. The van der Waals surface area contributed by atoms with Crippen LogP contribution in [0.3, 0.4) is 0 Å². The highest BCUT2D eigenvalue weighted by Crippen LogP contribution is 2.19. The van der Waals surface area contributed by atoms with Gasteiger partial charge >= 0.3 is 11.9 Å². The van der Waals surface area contributed by atoms with E-state index >= 15 is 0 Å². The van der Waals surface area contributed by atoms with Crippen LogP contribution in [0.4, 0.5) is 5.69 Å². The number of carbonyl (C=O) groups excluding carboxylic acids is 2. The molecule has 0 amide bonds. The number of aromatic amines is 3. The third-order valence-electron chi connectivity index (χ3n) is 8.08. The third-order valence-corrected chi connectivity index (χ3v) is 8.71. The fraction of sp³-hybridized carbons (Fsp3) is 0.270. The van der Waals surface area contributed by atoms with E-state index in [1.807, 2.05) is 41.5 Å². The van der Waals surface area contributed by atoms with E-state index in [4.69, 9.17) is 10.8 Å². The highest BCUT2D eigenvalue weighted by Gasteiger charge is 2.14. The van der Waals surface area contributed by atoms with Gasteiger partial charge in [0, 0.05) is 78.1 Å². The van der Waals surface area contributed by atoms with E-state index < -0.39 is 5.97 Å². The molecular formula is C37H43BrN10O5. The smallest absolute Gasteiger partial charge is 0.339 e. The topological polar surface area (TPSA) is 231 Å². The second-order valence-electron chi connectivity index (χ2n) is 11.8. The van der Waals surface area contributed by atoms with E-state index in [1.54, 1.807) is 43.8 Å². The standard InChI is InChI=1S/C13H15N3O.C12H13N3O2.C7H6BrNO2.C5H9N3/c1-8-13(9(2)16-15-8)6-11-7-14-5-4-12(11)10(3)17;1-7-11(8(2)15-14-7)5-9-6-13-4-3-10(9)12(16)17;1-11-7(10)5-2-3-9-4-6(5)8;1-3-5(6)4(2)8-7-3/h4-5,7H,6H2,1-3H3,(H,15,16);3-4,6H,5H2,1-2H3,(H,14,15)(H,16,17);2-4H,1H3;6H2,1-2H3,(H,7,8). The first-order chi connectivity index (χ1) is 25.2. The highest BCUT2D eigenvalue weighted by atomic mass is 79.9. The average Bonchev–Trinajstić information content (AvgIpc) is 3.75.